The third-order valence-electron chi connectivity index (χ3n) is 3.97. The van der Waals surface area contributed by atoms with Gasteiger partial charge >= 0.3 is 0 Å². The summed E-state index contributed by atoms with van der Waals surface area (Å²) in [6.45, 7) is 7.10. The topological polar surface area (TPSA) is 30.3 Å². The molecule has 0 saturated heterocycles. The van der Waals surface area contributed by atoms with Crippen LogP contribution in [-0.4, -0.2) is 41.0 Å². The SMILES string of the molecule is CCOC[C@@H]1CN(CC2CC2)Cc2nn(C)cc21. The van der Waals surface area contributed by atoms with Gasteiger partial charge in [-0.1, -0.05) is 0 Å². The van der Waals surface area contributed by atoms with Crippen molar-refractivity contribution in [3.05, 3.63) is 17.5 Å². The monoisotopic (exact) mass is 249 g/mol. The van der Waals surface area contributed by atoms with Gasteiger partial charge in [-0.25, -0.2) is 0 Å². The van der Waals surface area contributed by atoms with Gasteiger partial charge in [0.1, 0.15) is 0 Å². The Balaban J connectivity index is 1.73. The molecule has 100 valence electrons. The molecule has 4 nitrogen and oxygen atoms in total. The zero-order chi connectivity index (χ0) is 12.5. The third kappa shape index (κ3) is 2.59. The fourth-order valence-corrected chi connectivity index (χ4v) is 2.91. The predicted molar refractivity (Wildman–Crippen MR) is 70.4 cm³/mol. The number of nitrogens with zero attached hydrogens (tertiary/aromatic N) is 3. The van der Waals surface area contributed by atoms with Crippen LogP contribution in [0.5, 0.6) is 0 Å². The Bertz CT molecular complexity index is 411. The second-order valence-corrected chi connectivity index (χ2v) is 5.70. The molecule has 2 heterocycles. The molecule has 1 atom stereocenters. The molecule has 1 saturated carbocycles. The number of ether oxygens (including phenoxy) is 1. The van der Waals surface area contributed by atoms with E-state index in [2.05, 4.69) is 23.1 Å². The summed E-state index contributed by atoms with van der Waals surface area (Å²) in [5.74, 6) is 1.45. The fraction of sp³-hybridized carbons (Fsp3) is 0.786. The van der Waals surface area contributed by atoms with Crippen LogP contribution in [0.25, 0.3) is 0 Å². The molecule has 0 spiro atoms. The van der Waals surface area contributed by atoms with Crippen molar-refractivity contribution in [2.45, 2.75) is 32.2 Å². The van der Waals surface area contributed by atoms with Crippen molar-refractivity contribution in [3.8, 4) is 0 Å². The van der Waals surface area contributed by atoms with Gasteiger partial charge in [0, 0.05) is 51.0 Å². The summed E-state index contributed by atoms with van der Waals surface area (Å²) in [5, 5.41) is 4.61. The highest BCUT2D eigenvalue weighted by atomic mass is 16.5. The van der Waals surface area contributed by atoms with Crippen LogP contribution in [0.2, 0.25) is 0 Å². The van der Waals surface area contributed by atoms with Crippen LogP contribution in [0, 0.1) is 5.92 Å². The van der Waals surface area contributed by atoms with E-state index in [1.807, 2.05) is 11.7 Å². The smallest absolute Gasteiger partial charge is 0.0800 e. The second kappa shape index (κ2) is 5.02. The van der Waals surface area contributed by atoms with Crippen LogP contribution in [0.3, 0.4) is 0 Å². The number of hydrogen-bond donors (Lipinski definition) is 0. The minimum atomic E-state index is 0.501. The summed E-state index contributed by atoms with van der Waals surface area (Å²) in [6, 6.07) is 0. The summed E-state index contributed by atoms with van der Waals surface area (Å²) in [5.41, 5.74) is 2.66. The highest BCUT2D eigenvalue weighted by Gasteiger charge is 2.31. The van der Waals surface area contributed by atoms with Gasteiger partial charge in [0.15, 0.2) is 0 Å². The average Bonchev–Trinajstić information content (AvgIpc) is 3.06. The molecular weight excluding hydrogens is 226 g/mol. The zero-order valence-corrected chi connectivity index (χ0v) is 11.4. The minimum Gasteiger partial charge on any atom is -0.381 e. The van der Waals surface area contributed by atoms with E-state index in [1.54, 1.807) is 0 Å². The van der Waals surface area contributed by atoms with Crippen LogP contribution in [0.15, 0.2) is 6.20 Å². The first-order valence-electron chi connectivity index (χ1n) is 7.08. The molecule has 1 fully saturated rings. The molecule has 1 aliphatic carbocycles. The Labute approximate surface area is 109 Å². The maximum atomic E-state index is 5.64. The molecule has 2 aliphatic rings. The van der Waals surface area contributed by atoms with Crippen molar-refractivity contribution in [1.82, 2.24) is 14.7 Å². The van der Waals surface area contributed by atoms with Crippen LogP contribution in [-0.2, 0) is 18.3 Å². The van der Waals surface area contributed by atoms with E-state index >= 15 is 0 Å². The molecular formula is C14H23N3O. The average molecular weight is 249 g/mol. The number of rotatable bonds is 5. The van der Waals surface area contributed by atoms with Crippen molar-refractivity contribution in [2.24, 2.45) is 13.0 Å². The Kier molecular flexibility index (Phi) is 3.39. The van der Waals surface area contributed by atoms with Gasteiger partial charge in [0.2, 0.25) is 0 Å². The molecule has 18 heavy (non-hydrogen) atoms. The lowest BCUT2D eigenvalue weighted by atomic mass is 9.95. The van der Waals surface area contributed by atoms with Crippen molar-refractivity contribution >= 4 is 0 Å². The van der Waals surface area contributed by atoms with E-state index in [1.165, 1.54) is 30.6 Å². The molecule has 3 rings (SSSR count). The maximum absolute atomic E-state index is 5.64. The molecule has 1 aliphatic heterocycles. The number of aryl methyl sites for hydroxylation is 1. The molecule has 4 heteroatoms. The highest BCUT2D eigenvalue weighted by Crippen LogP contribution is 2.33. The van der Waals surface area contributed by atoms with Crippen LogP contribution < -0.4 is 0 Å². The van der Waals surface area contributed by atoms with E-state index in [0.717, 1.165) is 32.2 Å². The van der Waals surface area contributed by atoms with Gasteiger partial charge in [-0.15, -0.1) is 0 Å². The minimum absolute atomic E-state index is 0.501. The summed E-state index contributed by atoms with van der Waals surface area (Å²) in [7, 11) is 2.02. The number of fused-ring (bicyclic) bond motifs is 1. The molecule has 0 amide bonds. The summed E-state index contributed by atoms with van der Waals surface area (Å²) < 4.78 is 7.59. The third-order valence-corrected chi connectivity index (χ3v) is 3.97. The first kappa shape index (κ1) is 12.2. The maximum Gasteiger partial charge on any atom is 0.0800 e. The van der Waals surface area contributed by atoms with Gasteiger partial charge in [-0.05, 0) is 25.7 Å². The molecule has 0 bridgehead atoms. The Morgan fingerprint density at radius 2 is 2.28 bits per heavy atom. The van der Waals surface area contributed by atoms with Crippen molar-refractivity contribution in [1.29, 1.82) is 0 Å². The van der Waals surface area contributed by atoms with Gasteiger partial charge in [0.05, 0.1) is 12.3 Å². The van der Waals surface area contributed by atoms with Gasteiger partial charge in [-0.3, -0.25) is 9.58 Å². The molecule has 0 aromatic carbocycles. The summed E-state index contributed by atoms with van der Waals surface area (Å²) in [4.78, 5) is 2.57. The predicted octanol–water partition coefficient (Wildman–Crippen LogP) is 1.77. The zero-order valence-electron chi connectivity index (χ0n) is 11.4. The molecule has 1 aromatic rings. The molecule has 0 radical (unpaired) electrons. The van der Waals surface area contributed by atoms with E-state index in [0.29, 0.717) is 5.92 Å². The van der Waals surface area contributed by atoms with E-state index in [4.69, 9.17) is 4.74 Å². The van der Waals surface area contributed by atoms with Crippen molar-refractivity contribution in [3.63, 3.8) is 0 Å². The first-order chi connectivity index (χ1) is 8.76. The van der Waals surface area contributed by atoms with Gasteiger partial charge in [-0.2, -0.15) is 5.10 Å². The van der Waals surface area contributed by atoms with Crippen LogP contribution in [0.1, 0.15) is 36.9 Å². The Hall–Kier alpha value is -0.870. The number of aromatic nitrogens is 2. The lowest BCUT2D eigenvalue weighted by molar-refractivity contribution is 0.105. The molecule has 0 N–H and O–H groups in total. The number of hydrogen-bond acceptors (Lipinski definition) is 3. The summed E-state index contributed by atoms with van der Waals surface area (Å²) in [6.07, 6.45) is 5.01. The van der Waals surface area contributed by atoms with E-state index < -0.39 is 0 Å². The van der Waals surface area contributed by atoms with E-state index in [-0.39, 0.29) is 0 Å². The normalized spacial score (nSPS) is 24.2. The molecule has 1 aromatic heterocycles. The lowest BCUT2D eigenvalue weighted by Gasteiger charge is -2.31. The Morgan fingerprint density at radius 3 is 3.00 bits per heavy atom. The van der Waals surface area contributed by atoms with Crippen molar-refractivity contribution in [2.75, 3.05) is 26.3 Å². The standard InChI is InChI=1S/C14H23N3O/c1-3-18-10-12-7-17(6-11-4-5-11)9-14-13(12)8-16(2)15-14/h8,11-12H,3-7,9-10H2,1-2H3/t12-/m0/s1. The largest absolute Gasteiger partial charge is 0.381 e. The van der Waals surface area contributed by atoms with Gasteiger partial charge in [0.25, 0.3) is 0 Å². The first-order valence-corrected chi connectivity index (χ1v) is 7.08. The van der Waals surface area contributed by atoms with Crippen LogP contribution >= 0.6 is 0 Å². The van der Waals surface area contributed by atoms with Crippen LogP contribution in [0.4, 0.5) is 0 Å². The van der Waals surface area contributed by atoms with Crippen molar-refractivity contribution < 1.29 is 4.74 Å². The summed E-state index contributed by atoms with van der Waals surface area (Å²) >= 11 is 0. The Morgan fingerprint density at radius 1 is 1.44 bits per heavy atom. The second-order valence-electron chi connectivity index (χ2n) is 5.70. The fourth-order valence-electron chi connectivity index (χ4n) is 2.91. The van der Waals surface area contributed by atoms with Gasteiger partial charge < -0.3 is 4.74 Å². The molecule has 0 unspecified atom stereocenters. The van der Waals surface area contributed by atoms with E-state index in [9.17, 15) is 0 Å². The highest BCUT2D eigenvalue weighted by molar-refractivity contribution is 5.25. The lowest BCUT2D eigenvalue weighted by Crippen LogP contribution is -2.36. The quantitative estimate of drug-likeness (QED) is 0.796.